The number of rotatable bonds is 6. The molecule has 2 N–H and O–H groups in total. The van der Waals surface area contributed by atoms with Crippen molar-refractivity contribution in [1.29, 1.82) is 0 Å². The molecule has 2 rings (SSSR count). The van der Waals surface area contributed by atoms with E-state index in [0.717, 1.165) is 24.2 Å². The summed E-state index contributed by atoms with van der Waals surface area (Å²) in [6.07, 6.45) is 6.81. The maximum atomic E-state index is 5.60. The summed E-state index contributed by atoms with van der Waals surface area (Å²) in [5.41, 5.74) is 7.76. The Labute approximate surface area is 143 Å². The Bertz CT molecular complexity index is 540. The monoisotopic (exact) mass is 396 g/mol. The molecule has 0 aliphatic carbocycles. The smallest absolute Gasteiger partial charge is 0.169 e. The van der Waals surface area contributed by atoms with Crippen molar-refractivity contribution in [2.24, 2.45) is 17.9 Å². The number of hydrogen-bond donors (Lipinski definition) is 1. The zero-order chi connectivity index (χ0) is 14.2. The largest absolute Gasteiger partial charge is 1.00 e. The molecular formula is C16H21IN4. The fourth-order valence-corrected chi connectivity index (χ4v) is 1.83. The zero-order valence-electron chi connectivity index (χ0n) is 12.2. The van der Waals surface area contributed by atoms with Gasteiger partial charge in [-0.2, -0.15) is 5.10 Å². The lowest BCUT2D eigenvalue weighted by atomic mass is 10.3. The van der Waals surface area contributed by atoms with E-state index < -0.39 is 0 Å². The number of halogens is 1. The van der Waals surface area contributed by atoms with Gasteiger partial charge < -0.3 is 29.7 Å². The average Bonchev–Trinajstić information content (AvgIpc) is 2.50. The van der Waals surface area contributed by atoms with Crippen LogP contribution in [0.5, 0.6) is 0 Å². The Morgan fingerprint density at radius 3 is 2.43 bits per heavy atom. The van der Waals surface area contributed by atoms with E-state index in [0.29, 0.717) is 6.54 Å². The van der Waals surface area contributed by atoms with Gasteiger partial charge in [0.1, 0.15) is 7.05 Å². The van der Waals surface area contributed by atoms with E-state index in [-0.39, 0.29) is 24.0 Å². The molecule has 1 heterocycles. The van der Waals surface area contributed by atoms with Gasteiger partial charge in [0, 0.05) is 24.2 Å². The van der Waals surface area contributed by atoms with Crippen LogP contribution in [0.15, 0.2) is 60.0 Å². The van der Waals surface area contributed by atoms with Gasteiger partial charge in [-0.1, -0.05) is 18.2 Å². The number of hydrogen-bond acceptors (Lipinski definition) is 3. The number of para-hydroxylation sites is 1. The molecule has 1 aromatic heterocycles. The van der Waals surface area contributed by atoms with Crippen LogP contribution in [-0.4, -0.2) is 19.3 Å². The lowest BCUT2D eigenvalue weighted by Crippen LogP contribution is -3.00. The molecule has 2 aromatic rings. The Balaban J connectivity index is 0.00000220. The molecule has 0 fully saturated rings. The fourth-order valence-electron chi connectivity index (χ4n) is 1.83. The molecule has 4 nitrogen and oxygen atoms in total. The fraction of sp³-hybridized carbons (Fsp3) is 0.250. The van der Waals surface area contributed by atoms with Gasteiger partial charge in [-0.25, -0.2) is 4.57 Å². The van der Waals surface area contributed by atoms with Crippen molar-refractivity contribution in [3.05, 3.63) is 60.4 Å². The molecule has 0 saturated carbocycles. The number of nitrogens with zero attached hydrogens (tertiary/aromatic N) is 3. The third kappa shape index (κ3) is 5.81. The molecule has 0 aliphatic rings. The molecule has 0 atom stereocenters. The topological polar surface area (TPSA) is 45.5 Å². The zero-order valence-corrected chi connectivity index (χ0v) is 14.3. The van der Waals surface area contributed by atoms with Crippen LogP contribution in [0.25, 0.3) is 0 Å². The highest BCUT2D eigenvalue weighted by atomic mass is 127. The van der Waals surface area contributed by atoms with Gasteiger partial charge in [0.25, 0.3) is 0 Å². The van der Waals surface area contributed by atoms with Gasteiger partial charge in [0.2, 0.25) is 0 Å². The Morgan fingerprint density at radius 2 is 1.81 bits per heavy atom. The van der Waals surface area contributed by atoms with E-state index >= 15 is 0 Å². The molecule has 112 valence electrons. The summed E-state index contributed by atoms with van der Waals surface area (Å²) in [6, 6.07) is 14.2. The van der Waals surface area contributed by atoms with Gasteiger partial charge in [0.05, 0.1) is 11.9 Å². The van der Waals surface area contributed by atoms with Gasteiger partial charge in [-0.05, 0) is 25.1 Å². The molecule has 0 radical (unpaired) electrons. The number of aryl methyl sites for hydroxylation is 1. The number of aromatic nitrogens is 1. The van der Waals surface area contributed by atoms with E-state index in [2.05, 4.69) is 17.2 Å². The highest BCUT2D eigenvalue weighted by Crippen LogP contribution is 2.13. The minimum absolute atomic E-state index is 0. The third-order valence-electron chi connectivity index (χ3n) is 2.98. The molecule has 0 amide bonds. The van der Waals surface area contributed by atoms with Crippen molar-refractivity contribution >= 4 is 11.9 Å². The molecule has 0 spiro atoms. The number of anilines is 1. The van der Waals surface area contributed by atoms with Crippen LogP contribution < -0.4 is 39.3 Å². The molecular weight excluding hydrogens is 375 g/mol. The van der Waals surface area contributed by atoms with Crippen molar-refractivity contribution in [1.82, 2.24) is 0 Å². The number of benzene rings is 1. The predicted molar refractivity (Wildman–Crippen MR) is 82.7 cm³/mol. The molecule has 0 bridgehead atoms. The van der Waals surface area contributed by atoms with Gasteiger partial charge in [-0.15, -0.1) is 0 Å². The van der Waals surface area contributed by atoms with E-state index in [4.69, 9.17) is 5.73 Å². The minimum atomic E-state index is 0. The predicted octanol–water partition coefficient (Wildman–Crippen LogP) is -1.30. The normalized spacial score (nSPS) is 10.4. The maximum absolute atomic E-state index is 5.60. The number of nitrogens with two attached hydrogens (primary N) is 1. The molecule has 21 heavy (non-hydrogen) atoms. The van der Waals surface area contributed by atoms with Crippen LogP contribution in [0.1, 0.15) is 12.0 Å². The first-order valence-electron chi connectivity index (χ1n) is 6.81. The number of hydrazone groups is 1. The highest BCUT2D eigenvalue weighted by Gasteiger charge is 2.03. The summed E-state index contributed by atoms with van der Waals surface area (Å²) >= 11 is 0. The second-order valence-corrected chi connectivity index (χ2v) is 4.64. The third-order valence-corrected chi connectivity index (χ3v) is 2.98. The Morgan fingerprint density at radius 1 is 1.14 bits per heavy atom. The molecule has 0 saturated heterocycles. The van der Waals surface area contributed by atoms with Crippen molar-refractivity contribution in [3.8, 4) is 0 Å². The van der Waals surface area contributed by atoms with Gasteiger partial charge in [0.15, 0.2) is 12.4 Å². The van der Waals surface area contributed by atoms with Crippen molar-refractivity contribution in [2.75, 3.05) is 18.1 Å². The van der Waals surface area contributed by atoms with Crippen LogP contribution in [0.4, 0.5) is 5.69 Å². The van der Waals surface area contributed by atoms with Gasteiger partial charge in [-0.3, -0.25) is 5.01 Å². The summed E-state index contributed by atoms with van der Waals surface area (Å²) in [4.78, 5) is 0. The lowest BCUT2D eigenvalue weighted by molar-refractivity contribution is -0.671. The second kappa shape index (κ2) is 9.46. The van der Waals surface area contributed by atoms with Crippen LogP contribution in [0, 0.1) is 0 Å². The van der Waals surface area contributed by atoms with Crippen molar-refractivity contribution in [3.63, 3.8) is 0 Å². The quantitative estimate of drug-likeness (QED) is 0.286. The average molecular weight is 396 g/mol. The van der Waals surface area contributed by atoms with E-state index in [1.165, 1.54) is 0 Å². The summed E-state index contributed by atoms with van der Waals surface area (Å²) in [7, 11) is 2.00. The number of pyridine rings is 1. The maximum Gasteiger partial charge on any atom is 0.169 e. The van der Waals surface area contributed by atoms with E-state index in [9.17, 15) is 0 Å². The summed E-state index contributed by atoms with van der Waals surface area (Å²) < 4.78 is 2.00. The van der Waals surface area contributed by atoms with Crippen molar-refractivity contribution < 1.29 is 28.5 Å². The standard InChI is InChI=1S/C16H21N4.HI/c1-19-12-8-15(9-13-19)14-18-20(11-5-10-17)16-6-3-2-4-7-16;/h2-4,6-9,12-14H,5,10-11,17H2,1H3;1H/q+1;/p-1. The first-order chi connectivity index (χ1) is 9.79. The minimum Gasteiger partial charge on any atom is -1.00 e. The summed E-state index contributed by atoms with van der Waals surface area (Å²) in [5, 5.41) is 6.56. The van der Waals surface area contributed by atoms with Crippen LogP contribution in [0.2, 0.25) is 0 Å². The summed E-state index contributed by atoms with van der Waals surface area (Å²) in [5.74, 6) is 0. The van der Waals surface area contributed by atoms with Crippen LogP contribution >= 0.6 is 0 Å². The van der Waals surface area contributed by atoms with Crippen LogP contribution in [-0.2, 0) is 7.05 Å². The van der Waals surface area contributed by atoms with E-state index in [1.54, 1.807) is 0 Å². The highest BCUT2D eigenvalue weighted by molar-refractivity contribution is 5.79. The molecule has 5 heteroatoms. The van der Waals surface area contributed by atoms with Gasteiger partial charge >= 0.3 is 0 Å². The Hall–Kier alpha value is -1.47. The lowest BCUT2D eigenvalue weighted by Gasteiger charge is -2.18. The first kappa shape index (κ1) is 17.6. The SMILES string of the molecule is C[n+]1ccc(/C=N/N(CCCN)c2ccccc2)cc1.[I-]. The first-order valence-corrected chi connectivity index (χ1v) is 6.81. The molecule has 0 unspecified atom stereocenters. The van der Waals surface area contributed by atoms with Crippen molar-refractivity contribution in [2.45, 2.75) is 6.42 Å². The van der Waals surface area contributed by atoms with Crippen LogP contribution in [0.3, 0.4) is 0 Å². The summed E-state index contributed by atoms with van der Waals surface area (Å²) in [6.45, 7) is 1.48. The molecule has 1 aromatic carbocycles. The second-order valence-electron chi connectivity index (χ2n) is 4.64. The Kier molecular flexibility index (Phi) is 7.92. The molecule has 0 aliphatic heterocycles. The van der Waals surface area contributed by atoms with E-state index in [1.807, 2.05) is 65.6 Å².